The van der Waals surface area contributed by atoms with E-state index >= 15 is 0 Å². The van der Waals surface area contributed by atoms with E-state index in [0.717, 1.165) is 11.3 Å². The van der Waals surface area contributed by atoms with Crippen molar-refractivity contribution in [3.8, 4) is 0 Å². The molecule has 2 heterocycles. The number of hydrogen-bond donors (Lipinski definition) is 1. The van der Waals surface area contributed by atoms with E-state index in [1.165, 1.54) is 18.3 Å². The summed E-state index contributed by atoms with van der Waals surface area (Å²) in [6.45, 7) is 0. The van der Waals surface area contributed by atoms with E-state index < -0.39 is 10.0 Å². The number of rotatable bonds is 3. The van der Waals surface area contributed by atoms with Crippen LogP contribution in [-0.4, -0.2) is 13.4 Å². The first-order chi connectivity index (χ1) is 8.79. The zero-order valence-corrected chi connectivity index (χ0v) is 15.1. The number of nitrogens with one attached hydrogen (secondary N) is 1. The van der Waals surface area contributed by atoms with Gasteiger partial charge in [0.25, 0.3) is 10.0 Å². The molecular formula is C9H4Br2Cl2N2O2S2. The van der Waals surface area contributed by atoms with Crippen LogP contribution >= 0.6 is 66.4 Å². The third-order valence-corrected chi connectivity index (χ3v) is 6.99. The van der Waals surface area contributed by atoms with Gasteiger partial charge < -0.3 is 0 Å². The second-order valence-corrected chi connectivity index (χ2v) is 9.24. The summed E-state index contributed by atoms with van der Waals surface area (Å²) in [5.41, 5.74) is 0.191. The third-order valence-electron chi connectivity index (χ3n) is 1.94. The first-order valence-corrected chi connectivity index (χ1v) is 9.22. The number of nitrogens with zero attached hydrogens (tertiary/aromatic N) is 1. The van der Waals surface area contributed by atoms with Crippen LogP contribution in [0.5, 0.6) is 0 Å². The Bertz CT molecular complexity index is 714. The van der Waals surface area contributed by atoms with Crippen molar-refractivity contribution in [2.24, 2.45) is 0 Å². The topological polar surface area (TPSA) is 59.1 Å². The van der Waals surface area contributed by atoms with E-state index in [4.69, 9.17) is 23.2 Å². The minimum Gasteiger partial charge on any atom is -0.276 e. The quantitative estimate of drug-likeness (QED) is 0.662. The number of hydrogen-bond acceptors (Lipinski definition) is 4. The van der Waals surface area contributed by atoms with Crippen molar-refractivity contribution in [3.05, 3.63) is 36.8 Å². The maximum absolute atomic E-state index is 12.1. The maximum Gasteiger partial charge on any atom is 0.271 e. The van der Waals surface area contributed by atoms with Crippen molar-refractivity contribution in [1.82, 2.24) is 4.98 Å². The minimum atomic E-state index is -3.75. The van der Waals surface area contributed by atoms with Crippen molar-refractivity contribution < 1.29 is 8.42 Å². The minimum absolute atomic E-state index is 0.0634. The highest BCUT2D eigenvalue weighted by Gasteiger charge is 2.20. The maximum atomic E-state index is 12.1. The van der Waals surface area contributed by atoms with Crippen LogP contribution in [0.4, 0.5) is 5.69 Å². The molecule has 0 aliphatic carbocycles. The molecule has 0 spiro atoms. The zero-order valence-electron chi connectivity index (χ0n) is 8.82. The number of anilines is 1. The zero-order chi connectivity index (χ0) is 14.2. The molecule has 0 aliphatic rings. The first-order valence-electron chi connectivity index (χ1n) is 4.58. The van der Waals surface area contributed by atoms with Crippen LogP contribution in [0.15, 0.2) is 30.8 Å². The van der Waals surface area contributed by atoms with Crippen LogP contribution in [0.2, 0.25) is 10.2 Å². The Morgan fingerprint density at radius 2 is 1.95 bits per heavy atom. The molecule has 1 N–H and O–H groups in total. The molecule has 2 rings (SSSR count). The van der Waals surface area contributed by atoms with Crippen LogP contribution in [0.25, 0.3) is 0 Å². The molecule has 102 valence electrons. The summed E-state index contributed by atoms with van der Waals surface area (Å²) in [4.78, 5) is 3.84. The summed E-state index contributed by atoms with van der Waals surface area (Å²) in [6.07, 6.45) is 1.47. The van der Waals surface area contributed by atoms with E-state index in [1.54, 1.807) is 0 Å². The Hall–Kier alpha value is 0.140. The number of halogens is 4. The summed E-state index contributed by atoms with van der Waals surface area (Å²) in [6, 6.07) is 2.88. The summed E-state index contributed by atoms with van der Waals surface area (Å²) in [5.74, 6) is 0. The van der Waals surface area contributed by atoms with Crippen molar-refractivity contribution in [1.29, 1.82) is 0 Å². The molecule has 10 heteroatoms. The van der Waals surface area contributed by atoms with Crippen LogP contribution in [0, 0.1) is 0 Å². The Labute approximate surface area is 140 Å². The van der Waals surface area contributed by atoms with Gasteiger partial charge in [-0.1, -0.05) is 23.2 Å². The highest BCUT2D eigenvalue weighted by molar-refractivity contribution is 9.11. The molecule has 4 nitrogen and oxygen atoms in total. The lowest BCUT2D eigenvalue weighted by atomic mass is 10.4. The molecule has 0 bridgehead atoms. The van der Waals surface area contributed by atoms with E-state index in [1.807, 2.05) is 0 Å². The Morgan fingerprint density at radius 1 is 1.26 bits per heavy atom. The largest absolute Gasteiger partial charge is 0.276 e. The number of sulfonamides is 1. The smallest absolute Gasteiger partial charge is 0.271 e. The van der Waals surface area contributed by atoms with Crippen molar-refractivity contribution in [3.63, 3.8) is 0 Å². The lowest BCUT2D eigenvalue weighted by Crippen LogP contribution is -2.12. The van der Waals surface area contributed by atoms with Crippen molar-refractivity contribution in [2.75, 3.05) is 4.72 Å². The fraction of sp³-hybridized carbons (Fsp3) is 0. The molecule has 0 atom stereocenters. The first kappa shape index (κ1) is 15.5. The highest BCUT2D eigenvalue weighted by atomic mass is 79.9. The van der Waals surface area contributed by atoms with Gasteiger partial charge in [0, 0.05) is 10.7 Å². The van der Waals surface area contributed by atoms with Crippen LogP contribution in [0.1, 0.15) is 0 Å². The van der Waals surface area contributed by atoms with Gasteiger partial charge in [-0.25, -0.2) is 13.4 Å². The predicted molar refractivity (Wildman–Crippen MR) is 84.8 cm³/mol. The highest BCUT2D eigenvalue weighted by Crippen LogP contribution is 2.36. The lowest BCUT2D eigenvalue weighted by molar-refractivity contribution is 0.603. The summed E-state index contributed by atoms with van der Waals surface area (Å²) >= 11 is 19.0. The van der Waals surface area contributed by atoms with E-state index in [9.17, 15) is 8.42 Å². The molecule has 0 aromatic carbocycles. The van der Waals surface area contributed by atoms with Crippen molar-refractivity contribution in [2.45, 2.75) is 4.21 Å². The van der Waals surface area contributed by atoms with Gasteiger partial charge in [-0.2, -0.15) is 0 Å². The van der Waals surface area contributed by atoms with Gasteiger partial charge >= 0.3 is 0 Å². The lowest BCUT2D eigenvalue weighted by Gasteiger charge is -2.07. The second kappa shape index (κ2) is 5.87. The molecular weight excluding hydrogens is 463 g/mol. The van der Waals surface area contributed by atoms with Gasteiger partial charge in [-0.05, 0) is 44.0 Å². The standard InChI is InChI=1S/C9H4Br2Cl2N2O2S2/c10-4-1-6(9(13)14-3-4)15-19(16,17)7-2-5(12)8(11)18-7/h1-3,15H. The van der Waals surface area contributed by atoms with Gasteiger partial charge in [0.05, 0.1) is 14.5 Å². The van der Waals surface area contributed by atoms with E-state index in [-0.39, 0.29) is 15.0 Å². The van der Waals surface area contributed by atoms with Crippen LogP contribution < -0.4 is 4.72 Å². The van der Waals surface area contributed by atoms with Gasteiger partial charge in [0.15, 0.2) is 5.15 Å². The SMILES string of the molecule is O=S(=O)(Nc1cc(Br)cnc1Cl)c1cc(Cl)c(Br)s1. The van der Waals surface area contributed by atoms with Crippen molar-refractivity contribution >= 4 is 82.1 Å². The average molecular weight is 467 g/mol. The Morgan fingerprint density at radius 3 is 2.53 bits per heavy atom. The van der Waals surface area contributed by atoms with Crippen LogP contribution in [-0.2, 0) is 10.0 Å². The van der Waals surface area contributed by atoms with E-state index in [2.05, 4.69) is 41.6 Å². The van der Waals surface area contributed by atoms with Gasteiger partial charge in [-0.3, -0.25) is 4.72 Å². The molecule has 0 saturated carbocycles. The molecule has 0 amide bonds. The molecule has 0 radical (unpaired) electrons. The van der Waals surface area contributed by atoms with Crippen LogP contribution in [0.3, 0.4) is 0 Å². The molecule has 0 fully saturated rings. The average Bonchev–Trinajstić information content (AvgIpc) is 2.65. The summed E-state index contributed by atoms with van der Waals surface area (Å²) in [5, 5.41) is 0.400. The Balaban J connectivity index is 2.39. The normalized spacial score (nSPS) is 11.6. The molecule has 2 aromatic heterocycles. The molecule has 0 aliphatic heterocycles. The molecule has 0 saturated heterocycles. The Kier molecular flexibility index (Phi) is 4.79. The predicted octanol–water partition coefficient (Wildman–Crippen LogP) is 4.78. The molecule has 0 unspecified atom stereocenters. The number of pyridine rings is 1. The number of thiophene rings is 1. The monoisotopic (exact) mass is 464 g/mol. The fourth-order valence-corrected chi connectivity index (χ4v) is 5.14. The van der Waals surface area contributed by atoms with Gasteiger partial charge in [0.2, 0.25) is 0 Å². The summed E-state index contributed by atoms with van der Waals surface area (Å²) in [7, 11) is -3.75. The molecule has 2 aromatic rings. The number of aromatic nitrogens is 1. The second-order valence-electron chi connectivity index (χ2n) is 3.28. The van der Waals surface area contributed by atoms with Gasteiger partial charge in [0.1, 0.15) is 4.21 Å². The van der Waals surface area contributed by atoms with Gasteiger partial charge in [-0.15, -0.1) is 11.3 Å². The van der Waals surface area contributed by atoms with E-state index in [0.29, 0.717) is 13.3 Å². The fourth-order valence-electron chi connectivity index (χ4n) is 1.15. The molecule has 19 heavy (non-hydrogen) atoms. The summed E-state index contributed by atoms with van der Waals surface area (Å²) < 4.78 is 27.9. The third kappa shape index (κ3) is 3.62.